The number of para-hydroxylation sites is 1. The van der Waals surface area contributed by atoms with E-state index in [1.807, 2.05) is 0 Å². The van der Waals surface area contributed by atoms with Gasteiger partial charge in [0.15, 0.2) is 0 Å². The van der Waals surface area contributed by atoms with Crippen molar-refractivity contribution in [2.75, 3.05) is 5.32 Å². The van der Waals surface area contributed by atoms with E-state index in [0.29, 0.717) is 0 Å². The van der Waals surface area contributed by atoms with E-state index in [1.54, 1.807) is 0 Å². The number of aromatic nitrogens is 1. The Morgan fingerprint density at radius 2 is 0.786 bits per heavy atom. The normalized spacial score (nSPS) is 11.2. The lowest BCUT2D eigenvalue weighted by molar-refractivity contribution is 1.18. The fourth-order valence-corrected chi connectivity index (χ4v) is 8.03. The van der Waals surface area contributed by atoms with Crippen LogP contribution in [0, 0.1) is 0 Å². The van der Waals surface area contributed by atoms with Gasteiger partial charge in [0.2, 0.25) is 0 Å². The molecule has 0 spiro atoms. The van der Waals surface area contributed by atoms with E-state index in [4.69, 9.17) is 0 Å². The van der Waals surface area contributed by atoms with E-state index in [1.165, 1.54) is 55.2 Å². The van der Waals surface area contributed by atoms with Crippen molar-refractivity contribution in [2.24, 2.45) is 0 Å². The second-order valence-corrected chi connectivity index (χ2v) is 14.3. The maximum Gasteiger partial charge on any atom is 0.0547 e. The molecule has 0 aliphatic heterocycles. The van der Waals surface area contributed by atoms with Gasteiger partial charge in [-0.2, -0.15) is 0 Å². The highest BCUT2D eigenvalue weighted by Gasteiger charge is 2.16. The molecule has 9 aromatic carbocycles. The molecule has 2 heteroatoms. The largest absolute Gasteiger partial charge is 0.355 e. The van der Waals surface area contributed by atoms with E-state index in [2.05, 4.69) is 234 Å². The summed E-state index contributed by atoms with van der Waals surface area (Å²) in [6.45, 7) is 0. The first-order valence-electron chi connectivity index (χ1n) is 19.2. The zero-order valence-electron chi connectivity index (χ0n) is 30.8. The molecule has 1 heterocycles. The van der Waals surface area contributed by atoms with Gasteiger partial charge in [0.1, 0.15) is 0 Å². The lowest BCUT2D eigenvalue weighted by Crippen LogP contribution is -1.96. The minimum atomic E-state index is 1.04. The van der Waals surface area contributed by atoms with E-state index in [9.17, 15) is 0 Å². The van der Waals surface area contributed by atoms with Gasteiger partial charge in [0.05, 0.1) is 11.0 Å². The van der Waals surface area contributed by atoms with Gasteiger partial charge in [-0.15, -0.1) is 0 Å². The van der Waals surface area contributed by atoms with Gasteiger partial charge in [-0.25, -0.2) is 0 Å². The Morgan fingerprint density at radius 1 is 0.286 bits per heavy atom. The minimum absolute atomic E-state index is 1.04. The van der Waals surface area contributed by atoms with E-state index in [-0.39, 0.29) is 0 Å². The van der Waals surface area contributed by atoms with Crippen LogP contribution < -0.4 is 5.32 Å². The third-order valence-electron chi connectivity index (χ3n) is 10.7. The Hall–Kier alpha value is -7.42. The van der Waals surface area contributed by atoms with Crippen LogP contribution in [0.3, 0.4) is 0 Å². The van der Waals surface area contributed by atoms with Gasteiger partial charge < -0.3 is 9.88 Å². The molecule has 0 saturated carbocycles. The maximum absolute atomic E-state index is 3.91. The molecule has 0 aliphatic rings. The van der Waals surface area contributed by atoms with Gasteiger partial charge in [-0.3, -0.25) is 0 Å². The molecule has 264 valence electrons. The number of hydrogen-bond donors (Lipinski definition) is 1. The second-order valence-electron chi connectivity index (χ2n) is 14.3. The molecule has 2 nitrogen and oxygen atoms in total. The average Bonchev–Trinajstić information content (AvgIpc) is 3.61. The third kappa shape index (κ3) is 6.34. The molecule has 1 aromatic heterocycles. The zero-order chi connectivity index (χ0) is 37.3. The van der Waals surface area contributed by atoms with Gasteiger partial charge in [0.25, 0.3) is 0 Å². The summed E-state index contributed by atoms with van der Waals surface area (Å²) in [5.41, 5.74) is 17.3. The van der Waals surface area contributed by atoms with Crippen molar-refractivity contribution in [3.63, 3.8) is 0 Å². The monoisotopic (exact) mass is 714 g/mol. The number of hydrogen-bond acceptors (Lipinski definition) is 1. The summed E-state index contributed by atoms with van der Waals surface area (Å²) in [6, 6.07) is 80.7. The number of nitrogens with one attached hydrogen (secondary N) is 1. The molecular formula is C54H38N2. The topological polar surface area (TPSA) is 17.0 Å². The van der Waals surface area contributed by atoms with Crippen molar-refractivity contribution in [1.82, 2.24) is 4.57 Å². The first-order chi connectivity index (χ1) is 27.7. The molecule has 0 saturated heterocycles. The SMILES string of the molecule is c1ccc(-c2cc(Nc3cc(-c4ccc5c6ccccc6n(-c6cccc(-c7ccccc7)c6)c5c4)ccc3-c3ccccc3)cc(-c3ccccc3)c2)cc1. The summed E-state index contributed by atoms with van der Waals surface area (Å²) in [5.74, 6) is 0. The van der Waals surface area contributed by atoms with Crippen LogP contribution in [-0.4, -0.2) is 4.57 Å². The van der Waals surface area contributed by atoms with Crippen LogP contribution in [0.25, 0.3) is 83.1 Å². The van der Waals surface area contributed by atoms with E-state index >= 15 is 0 Å². The molecule has 10 aromatic rings. The average molecular weight is 715 g/mol. The third-order valence-corrected chi connectivity index (χ3v) is 10.7. The van der Waals surface area contributed by atoms with Gasteiger partial charge >= 0.3 is 0 Å². The highest BCUT2D eigenvalue weighted by Crippen LogP contribution is 2.40. The molecule has 0 radical (unpaired) electrons. The summed E-state index contributed by atoms with van der Waals surface area (Å²) in [4.78, 5) is 0. The number of fused-ring (bicyclic) bond motifs is 3. The van der Waals surface area contributed by atoms with Crippen LogP contribution in [0.1, 0.15) is 0 Å². The number of benzene rings is 9. The van der Waals surface area contributed by atoms with Crippen LogP contribution >= 0.6 is 0 Å². The molecule has 0 atom stereocenters. The Balaban J connectivity index is 1.12. The van der Waals surface area contributed by atoms with Crippen LogP contribution in [0.5, 0.6) is 0 Å². The molecule has 0 fully saturated rings. The van der Waals surface area contributed by atoms with Crippen LogP contribution in [0.4, 0.5) is 11.4 Å². The van der Waals surface area contributed by atoms with Crippen molar-refractivity contribution in [3.05, 3.63) is 224 Å². The molecule has 56 heavy (non-hydrogen) atoms. The van der Waals surface area contributed by atoms with Gasteiger partial charge in [-0.1, -0.05) is 176 Å². The molecule has 0 aliphatic carbocycles. The summed E-state index contributed by atoms with van der Waals surface area (Å²) in [6.07, 6.45) is 0. The molecule has 0 amide bonds. The fourth-order valence-electron chi connectivity index (χ4n) is 8.03. The summed E-state index contributed by atoms with van der Waals surface area (Å²) in [5, 5.41) is 6.39. The minimum Gasteiger partial charge on any atom is -0.355 e. The van der Waals surface area contributed by atoms with Crippen molar-refractivity contribution in [2.45, 2.75) is 0 Å². The van der Waals surface area contributed by atoms with Crippen molar-refractivity contribution in [1.29, 1.82) is 0 Å². The Labute approximate surface area is 327 Å². The van der Waals surface area contributed by atoms with E-state index in [0.717, 1.165) is 39.3 Å². The molecular weight excluding hydrogens is 677 g/mol. The standard InChI is InChI=1S/C54H38N2/c1-5-16-38(17-6-1)42-24-15-25-48(35-42)56-53-27-14-13-26-50(53)51-31-29-44(37-54(51)56)43-28-30-49(41-22-11-4-12-23-41)52(36-43)55-47-33-45(39-18-7-2-8-19-39)32-46(34-47)40-20-9-3-10-21-40/h1-37,55H. The highest BCUT2D eigenvalue weighted by molar-refractivity contribution is 6.10. The second kappa shape index (κ2) is 14.4. The summed E-state index contributed by atoms with van der Waals surface area (Å²) in [7, 11) is 0. The smallest absolute Gasteiger partial charge is 0.0547 e. The summed E-state index contributed by atoms with van der Waals surface area (Å²) >= 11 is 0. The number of nitrogens with zero attached hydrogens (tertiary/aromatic N) is 1. The van der Waals surface area contributed by atoms with Crippen LogP contribution in [-0.2, 0) is 0 Å². The quantitative estimate of drug-likeness (QED) is 0.166. The Kier molecular flexibility index (Phi) is 8.55. The van der Waals surface area contributed by atoms with Crippen LogP contribution in [0.2, 0.25) is 0 Å². The zero-order valence-corrected chi connectivity index (χ0v) is 30.8. The number of rotatable bonds is 8. The number of anilines is 2. The lowest BCUT2D eigenvalue weighted by Gasteiger charge is -2.17. The summed E-state index contributed by atoms with van der Waals surface area (Å²) < 4.78 is 2.41. The fraction of sp³-hybridized carbons (Fsp3) is 0. The first-order valence-corrected chi connectivity index (χ1v) is 19.2. The molecule has 0 bridgehead atoms. The Bertz CT molecular complexity index is 2910. The van der Waals surface area contributed by atoms with E-state index < -0.39 is 0 Å². The maximum atomic E-state index is 3.91. The highest BCUT2D eigenvalue weighted by atomic mass is 15.0. The van der Waals surface area contributed by atoms with Gasteiger partial charge in [0, 0.05) is 33.4 Å². The predicted octanol–water partition coefficient (Wildman–Crippen LogP) is 14.9. The first kappa shape index (κ1) is 33.2. The van der Waals surface area contributed by atoms with Gasteiger partial charge in [-0.05, 0) is 98.6 Å². The molecule has 0 unspecified atom stereocenters. The molecule has 10 rings (SSSR count). The lowest BCUT2D eigenvalue weighted by atomic mass is 9.96. The van der Waals surface area contributed by atoms with Crippen molar-refractivity contribution < 1.29 is 0 Å². The van der Waals surface area contributed by atoms with Crippen LogP contribution in [0.15, 0.2) is 224 Å². The molecule has 1 N–H and O–H groups in total. The van der Waals surface area contributed by atoms with Crippen molar-refractivity contribution >= 4 is 33.2 Å². The Morgan fingerprint density at radius 3 is 1.45 bits per heavy atom. The predicted molar refractivity (Wildman–Crippen MR) is 238 cm³/mol. The van der Waals surface area contributed by atoms with Crippen molar-refractivity contribution in [3.8, 4) is 61.3 Å².